The monoisotopic (exact) mass is 496 g/mol. The van der Waals surface area contributed by atoms with E-state index in [1.165, 1.54) is 22.5 Å². The highest BCUT2D eigenvalue weighted by atomic mass is 16.5. The fourth-order valence-corrected chi connectivity index (χ4v) is 5.23. The zero-order chi connectivity index (χ0) is 25.9. The van der Waals surface area contributed by atoms with Crippen LogP contribution in [0.25, 0.3) is 0 Å². The second kappa shape index (κ2) is 10.3. The lowest BCUT2D eigenvalue weighted by Gasteiger charge is -2.34. The standard InChI is InChI=1S/C21H17NO2.C13H11N/c1-22-18-13-7-5-11-16(18)20(17-12-6-8-14-19(17)22)21(23)24-15-9-3-2-4-10-15;1-3-7-12-10(5-1)9-11-6-2-4-8-13(11)14-12/h2-14,20H,1H3;1-8,14H,9H2. The van der Waals surface area contributed by atoms with Crippen LogP contribution >= 0.6 is 0 Å². The normalized spacial score (nSPS) is 12.9. The first-order valence-electron chi connectivity index (χ1n) is 12.8. The summed E-state index contributed by atoms with van der Waals surface area (Å²) in [4.78, 5) is 15.1. The molecule has 4 nitrogen and oxygen atoms in total. The van der Waals surface area contributed by atoms with Crippen molar-refractivity contribution in [3.8, 4) is 5.75 Å². The van der Waals surface area contributed by atoms with Crippen molar-refractivity contribution in [2.45, 2.75) is 12.3 Å². The van der Waals surface area contributed by atoms with Gasteiger partial charge in [0.15, 0.2) is 0 Å². The number of hydrogen-bond donors (Lipinski definition) is 1. The molecule has 0 aliphatic carbocycles. The van der Waals surface area contributed by atoms with E-state index in [0.717, 1.165) is 28.9 Å². The van der Waals surface area contributed by atoms with E-state index in [1.54, 1.807) is 12.1 Å². The quantitative estimate of drug-likeness (QED) is 0.196. The van der Waals surface area contributed by atoms with Crippen molar-refractivity contribution >= 4 is 28.7 Å². The number of rotatable bonds is 2. The van der Waals surface area contributed by atoms with Crippen molar-refractivity contribution in [2.75, 3.05) is 17.3 Å². The van der Waals surface area contributed by atoms with Gasteiger partial charge in [0.1, 0.15) is 11.7 Å². The maximum absolute atomic E-state index is 13.0. The van der Waals surface area contributed by atoms with E-state index in [0.29, 0.717) is 5.75 Å². The highest BCUT2D eigenvalue weighted by Gasteiger charge is 2.34. The SMILES string of the molecule is CN1c2ccccc2C(C(=O)Oc2ccccc2)c2ccccc21.c1ccc2c(c1)Cc1ccccc1N2. The lowest BCUT2D eigenvalue weighted by atomic mass is 9.85. The summed E-state index contributed by atoms with van der Waals surface area (Å²) in [5.41, 5.74) is 9.26. The number of fused-ring (bicyclic) bond motifs is 4. The van der Waals surface area contributed by atoms with Crippen LogP contribution in [0.2, 0.25) is 0 Å². The molecular weight excluding hydrogens is 468 g/mol. The smallest absolute Gasteiger partial charge is 0.323 e. The van der Waals surface area contributed by atoms with Gasteiger partial charge in [-0.15, -0.1) is 0 Å². The van der Waals surface area contributed by atoms with Crippen LogP contribution < -0.4 is 15.0 Å². The van der Waals surface area contributed by atoms with Crippen molar-refractivity contribution in [3.05, 3.63) is 150 Å². The van der Waals surface area contributed by atoms with E-state index in [4.69, 9.17) is 4.74 Å². The second-order valence-corrected chi connectivity index (χ2v) is 9.46. The van der Waals surface area contributed by atoms with Gasteiger partial charge in [0.05, 0.1) is 0 Å². The molecule has 0 radical (unpaired) electrons. The van der Waals surface area contributed by atoms with Gasteiger partial charge in [0, 0.05) is 36.2 Å². The second-order valence-electron chi connectivity index (χ2n) is 9.46. The number of esters is 1. The summed E-state index contributed by atoms with van der Waals surface area (Å²) in [6.07, 6.45) is 1.04. The summed E-state index contributed by atoms with van der Waals surface area (Å²) in [5, 5.41) is 3.44. The van der Waals surface area contributed by atoms with Crippen LogP contribution in [-0.4, -0.2) is 13.0 Å². The summed E-state index contributed by atoms with van der Waals surface area (Å²) in [6.45, 7) is 0. The Morgan fingerprint density at radius 1 is 0.658 bits per heavy atom. The number of anilines is 4. The van der Waals surface area contributed by atoms with Crippen LogP contribution in [0.4, 0.5) is 22.7 Å². The molecule has 5 aromatic rings. The number of ether oxygens (including phenoxy) is 1. The minimum Gasteiger partial charge on any atom is -0.426 e. The first-order chi connectivity index (χ1) is 18.7. The third kappa shape index (κ3) is 4.53. The lowest BCUT2D eigenvalue weighted by Crippen LogP contribution is -2.28. The Morgan fingerprint density at radius 2 is 1.13 bits per heavy atom. The molecule has 0 amide bonds. The average Bonchev–Trinajstić information content (AvgIpc) is 2.97. The molecule has 2 aliphatic heterocycles. The van der Waals surface area contributed by atoms with Gasteiger partial charge in [-0.3, -0.25) is 4.79 Å². The van der Waals surface area contributed by atoms with E-state index < -0.39 is 5.92 Å². The van der Waals surface area contributed by atoms with Crippen LogP contribution in [0.15, 0.2) is 127 Å². The number of nitrogens with one attached hydrogen (secondary N) is 1. The molecular formula is C34H28N2O2. The molecule has 0 bridgehead atoms. The number of carbonyl (C=O) groups is 1. The zero-order valence-electron chi connectivity index (χ0n) is 21.2. The van der Waals surface area contributed by atoms with Crippen molar-refractivity contribution in [2.24, 2.45) is 0 Å². The molecule has 2 aliphatic rings. The van der Waals surface area contributed by atoms with Gasteiger partial charge in [0.2, 0.25) is 0 Å². The molecule has 0 aromatic heterocycles. The fraction of sp³-hybridized carbons (Fsp3) is 0.0882. The highest BCUT2D eigenvalue weighted by molar-refractivity contribution is 5.92. The Bertz CT molecular complexity index is 1460. The Kier molecular flexibility index (Phi) is 6.37. The van der Waals surface area contributed by atoms with Crippen molar-refractivity contribution in [1.29, 1.82) is 0 Å². The van der Waals surface area contributed by atoms with Crippen LogP contribution in [0.5, 0.6) is 5.75 Å². The maximum Gasteiger partial charge on any atom is 0.323 e. The Balaban J connectivity index is 0.000000159. The molecule has 38 heavy (non-hydrogen) atoms. The minimum atomic E-state index is -0.422. The number of hydrogen-bond acceptors (Lipinski definition) is 4. The van der Waals surface area contributed by atoms with Crippen molar-refractivity contribution in [1.82, 2.24) is 0 Å². The molecule has 0 unspecified atom stereocenters. The zero-order valence-corrected chi connectivity index (χ0v) is 21.2. The van der Waals surface area contributed by atoms with Gasteiger partial charge < -0.3 is 15.0 Å². The third-order valence-corrected chi connectivity index (χ3v) is 7.10. The molecule has 5 aromatic carbocycles. The number of para-hydroxylation sites is 5. The molecule has 2 heterocycles. The maximum atomic E-state index is 13.0. The average molecular weight is 497 g/mol. The molecule has 0 saturated carbocycles. The van der Waals surface area contributed by atoms with Crippen LogP contribution in [0.1, 0.15) is 28.2 Å². The Labute approximate surface area is 223 Å². The topological polar surface area (TPSA) is 41.6 Å². The van der Waals surface area contributed by atoms with E-state index >= 15 is 0 Å². The number of nitrogens with zero attached hydrogens (tertiary/aromatic N) is 1. The van der Waals surface area contributed by atoms with Gasteiger partial charge >= 0.3 is 5.97 Å². The van der Waals surface area contributed by atoms with Gasteiger partial charge in [-0.05, 0) is 58.7 Å². The summed E-state index contributed by atoms with van der Waals surface area (Å²) in [7, 11) is 2.02. The van der Waals surface area contributed by atoms with Crippen molar-refractivity contribution in [3.63, 3.8) is 0 Å². The van der Waals surface area contributed by atoms with Gasteiger partial charge in [-0.1, -0.05) is 91.0 Å². The number of carbonyl (C=O) groups excluding carboxylic acids is 1. The highest BCUT2D eigenvalue weighted by Crippen LogP contribution is 2.45. The Morgan fingerprint density at radius 3 is 1.71 bits per heavy atom. The first kappa shape index (κ1) is 23.6. The van der Waals surface area contributed by atoms with Crippen molar-refractivity contribution < 1.29 is 9.53 Å². The van der Waals surface area contributed by atoms with Crippen LogP contribution in [0, 0.1) is 0 Å². The van der Waals surface area contributed by atoms with Crippen LogP contribution in [0.3, 0.4) is 0 Å². The summed E-state index contributed by atoms with van der Waals surface area (Å²) < 4.78 is 5.65. The molecule has 0 saturated heterocycles. The molecule has 0 atom stereocenters. The van der Waals surface area contributed by atoms with E-state index in [1.807, 2.05) is 73.8 Å². The first-order valence-corrected chi connectivity index (χ1v) is 12.8. The third-order valence-electron chi connectivity index (χ3n) is 7.10. The molecule has 0 spiro atoms. The summed E-state index contributed by atoms with van der Waals surface area (Å²) in [5.74, 6) is -0.112. The Hall–Kier alpha value is -4.83. The van der Waals surface area contributed by atoms with Gasteiger partial charge in [-0.25, -0.2) is 0 Å². The number of benzene rings is 5. The van der Waals surface area contributed by atoms with Gasteiger partial charge in [-0.2, -0.15) is 0 Å². The van der Waals surface area contributed by atoms with Gasteiger partial charge in [0.25, 0.3) is 0 Å². The van der Waals surface area contributed by atoms with E-state index in [2.05, 4.69) is 58.7 Å². The molecule has 0 fully saturated rings. The fourth-order valence-electron chi connectivity index (χ4n) is 5.23. The predicted molar refractivity (Wildman–Crippen MR) is 154 cm³/mol. The van der Waals surface area contributed by atoms with Crippen LogP contribution in [-0.2, 0) is 11.2 Å². The summed E-state index contributed by atoms with van der Waals surface area (Å²) in [6, 6.07) is 42.1. The molecule has 7 rings (SSSR count). The van der Waals surface area contributed by atoms with E-state index in [9.17, 15) is 4.79 Å². The lowest BCUT2D eigenvalue weighted by molar-refractivity contribution is -0.135. The molecule has 186 valence electrons. The predicted octanol–water partition coefficient (Wildman–Crippen LogP) is 7.84. The summed E-state index contributed by atoms with van der Waals surface area (Å²) >= 11 is 0. The van der Waals surface area contributed by atoms with E-state index in [-0.39, 0.29) is 5.97 Å². The molecule has 1 N–H and O–H groups in total. The largest absolute Gasteiger partial charge is 0.426 e. The molecule has 4 heteroatoms. The minimum absolute atomic E-state index is 0.255.